The number of aliphatic hydroxyl groups is 1. The van der Waals surface area contributed by atoms with E-state index < -0.39 is 5.60 Å². The van der Waals surface area contributed by atoms with Crippen molar-refractivity contribution in [2.45, 2.75) is 45.6 Å². The highest BCUT2D eigenvalue weighted by atomic mass is 16.3. The highest BCUT2D eigenvalue weighted by molar-refractivity contribution is 5.11. The normalized spacial score (nSPS) is 15.2. The van der Waals surface area contributed by atoms with Crippen LogP contribution in [0.1, 0.15) is 40.0 Å². The molecule has 0 heterocycles. The molecule has 58 valence electrons. The van der Waals surface area contributed by atoms with E-state index in [9.17, 15) is 5.11 Å². The van der Waals surface area contributed by atoms with Gasteiger partial charge in [0.25, 0.3) is 0 Å². The molecule has 0 aromatic heterocycles. The monoisotopic (exact) mass is 140 g/mol. The van der Waals surface area contributed by atoms with Gasteiger partial charge in [-0.05, 0) is 19.8 Å². The number of hydrogen-bond donors (Lipinski definition) is 1. The molecule has 0 aliphatic heterocycles. The Morgan fingerprint density at radius 2 is 2.00 bits per heavy atom. The average molecular weight is 140 g/mol. The van der Waals surface area contributed by atoms with Gasteiger partial charge >= 0.3 is 0 Å². The third-order valence-corrected chi connectivity index (χ3v) is 1.61. The molecule has 1 atom stereocenters. The van der Waals surface area contributed by atoms with Crippen molar-refractivity contribution in [1.29, 1.82) is 0 Å². The molecule has 0 saturated heterocycles. The smallest absolute Gasteiger partial charge is 0.125 e. The highest BCUT2D eigenvalue weighted by Crippen LogP contribution is 2.15. The van der Waals surface area contributed by atoms with Gasteiger partial charge in [0.15, 0.2) is 0 Å². The van der Waals surface area contributed by atoms with Gasteiger partial charge in [0.05, 0.1) is 0 Å². The first-order chi connectivity index (χ1) is 4.68. The summed E-state index contributed by atoms with van der Waals surface area (Å²) in [6.45, 7) is 5.77. The van der Waals surface area contributed by atoms with Crippen LogP contribution < -0.4 is 0 Å². The van der Waals surface area contributed by atoms with Crippen LogP contribution in [-0.4, -0.2) is 10.7 Å². The van der Waals surface area contributed by atoms with Crippen LogP contribution in [0.3, 0.4) is 0 Å². The summed E-state index contributed by atoms with van der Waals surface area (Å²) in [5.41, 5.74) is -0.719. The lowest BCUT2D eigenvalue weighted by molar-refractivity contribution is 0.0868. The summed E-state index contributed by atoms with van der Waals surface area (Å²) < 4.78 is 0. The van der Waals surface area contributed by atoms with Crippen LogP contribution >= 0.6 is 0 Å². The molecule has 1 nitrogen and oxygen atoms in total. The zero-order valence-electron chi connectivity index (χ0n) is 7.07. The Balaban J connectivity index is 4.03. The summed E-state index contributed by atoms with van der Waals surface area (Å²) in [4.78, 5) is 0. The van der Waals surface area contributed by atoms with Crippen molar-refractivity contribution >= 4 is 0 Å². The van der Waals surface area contributed by atoms with E-state index in [1.807, 2.05) is 6.92 Å². The molecule has 0 radical (unpaired) electrons. The Morgan fingerprint density at radius 1 is 1.40 bits per heavy atom. The zero-order valence-corrected chi connectivity index (χ0v) is 7.07. The molecule has 1 unspecified atom stereocenters. The fourth-order valence-electron chi connectivity index (χ4n) is 0.974. The highest BCUT2D eigenvalue weighted by Gasteiger charge is 2.19. The van der Waals surface area contributed by atoms with Crippen molar-refractivity contribution in [3.05, 3.63) is 0 Å². The van der Waals surface area contributed by atoms with E-state index in [1.54, 1.807) is 6.92 Å². The van der Waals surface area contributed by atoms with Crippen LogP contribution in [-0.2, 0) is 0 Å². The predicted molar refractivity (Wildman–Crippen MR) is 43.6 cm³/mol. The summed E-state index contributed by atoms with van der Waals surface area (Å²) >= 11 is 0. The van der Waals surface area contributed by atoms with Crippen LogP contribution in [0.4, 0.5) is 0 Å². The third-order valence-electron chi connectivity index (χ3n) is 1.61. The van der Waals surface area contributed by atoms with E-state index in [0.717, 1.165) is 19.3 Å². The molecule has 0 fully saturated rings. The van der Waals surface area contributed by atoms with Gasteiger partial charge in [-0.2, -0.15) is 0 Å². The lowest BCUT2D eigenvalue weighted by atomic mass is 9.96. The first-order valence-electron chi connectivity index (χ1n) is 3.84. The molecular formula is C9H16O. The van der Waals surface area contributed by atoms with Crippen LogP contribution in [0.5, 0.6) is 0 Å². The SMILES string of the molecule is CC#CC(O)(CC)CCC. The van der Waals surface area contributed by atoms with Gasteiger partial charge in [0.1, 0.15) is 5.60 Å². The van der Waals surface area contributed by atoms with E-state index in [1.165, 1.54) is 0 Å². The fourth-order valence-corrected chi connectivity index (χ4v) is 0.974. The molecule has 0 aliphatic rings. The first kappa shape index (κ1) is 9.52. The van der Waals surface area contributed by atoms with Crippen molar-refractivity contribution in [2.24, 2.45) is 0 Å². The van der Waals surface area contributed by atoms with Crippen molar-refractivity contribution in [2.75, 3.05) is 0 Å². The molecule has 0 aromatic carbocycles. The maximum absolute atomic E-state index is 9.65. The maximum atomic E-state index is 9.65. The molecule has 0 aromatic rings. The number of hydrogen-bond acceptors (Lipinski definition) is 1. The van der Waals surface area contributed by atoms with E-state index in [-0.39, 0.29) is 0 Å². The Kier molecular flexibility index (Phi) is 4.14. The largest absolute Gasteiger partial charge is 0.378 e. The van der Waals surface area contributed by atoms with Crippen molar-refractivity contribution in [3.63, 3.8) is 0 Å². The maximum Gasteiger partial charge on any atom is 0.125 e. The van der Waals surface area contributed by atoms with Crippen LogP contribution in [0.25, 0.3) is 0 Å². The molecule has 0 bridgehead atoms. The second kappa shape index (κ2) is 4.35. The topological polar surface area (TPSA) is 20.2 Å². The number of rotatable bonds is 3. The lowest BCUT2D eigenvalue weighted by Gasteiger charge is -2.18. The van der Waals surface area contributed by atoms with Crippen LogP contribution in [0.2, 0.25) is 0 Å². The van der Waals surface area contributed by atoms with Crippen molar-refractivity contribution in [3.8, 4) is 11.8 Å². The molecule has 0 spiro atoms. The summed E-state index contributed by atoms with van der Waals surface area (Å²) in [5, 5.41) is 9.65. The summed E-state index contributed by atoms with van der Waals surface area (Å²) in [6.07, 6.45) is 2.49. The van der Waals surface area contributed by atoms with Gasteiger partial charge in [0, 0.05) is 0 Å². The average Bonchev–Trinajstić information content (AvgIpc) is 1.89. The molecule has 1 heteroatoms. The Bertz CT molecular complexity index is 141. The fraction of sp³-hybridized carbons (Fsp3) is 0.778. The minimum atomic E-state index is -0.719. The molecule has 0 amide bonds. The Hall–Kier alpha value is -0.480. The van der Waals surface area contributed by atoms with E-state index in [0.29, 0.717) is 0 Å². The van der Waals surface area contributed by atoms with E-state index >= 15 is 0 Å². The quantitative estimate of drug-likeness (QED) is 0.594. The van der Waals surface area contributed by atoms with Gasteiger partial charge in [-0.15, -0.1) is 5.92 Å². The van der Waals surface area contributed by atoms with Gasteiger partial charge in [-0.25, -0.2) is 0 Å². The summed E-state index contributed by atoms with van der Waals surface area (Å²) in [5.74, 6) is 5.56. The van der Waals surface area contributed by atoms with Crippen molar-refractivity contribution in [1.82, 2.24) is 0 Å². The van der Waals surface area contributed by atoms with E-state index in [4.69, 9.17) is 0 Å². The molecular weight excluding hydrogens is 124 g/mol. The predicted octanol–water partition coefficient (Wildman–Crippen LogP) is 1.95. The first-order valence-corrected chi connectivity index (χ1v) is 3.84. The summed E-state index contributed by atoms with van der Waals surface area (Å²) in [7, 11) is 0. The Labute approximate surface area is 63.5 Å². The van der Waals surface area contributed by atoms with Crippen LogP contribution in [0, 0.1) is 11.8 Å². The van der Waals surface area contributed by atoms with E-state index in [2.05, 4.69) is 18.8 Å². The van der Waals surface area contributed by atoms with Gasteiger partial charge in [-0.1, -0.05) is 26.2 Å². The zero-order chi connectivity index (χ0) is 8.04. The third kappa shape index (κ3) is 2.89. The molecule has 0 rings (SSSR count). The molecule has 10 heavy (non-hydrogen) atoms. The second-order valence-corrected chi connectivity index (χ2v) is 2.51. The Morgan fingerprint density at radius 3 is 2.30 bits per heavy atom. The standard InChI is InChI=1S/C9H16O/c1-4-7-9(10,6-3)8-5-2/h10H,4,6-7H2,1-3H3. The molecule has 0 aliphatic carbocycles. The van der Waals surface area contributed by atoms with Crippen LogP contribution in [0.15, 0.2) is 0 Å². The van der Waals surface area contributed by atoms with Crippen molar-refractivity contribution < 1.29 is 5.11 Å². The van der Waals surface area contributed by atoms with Gasteiger partial charge in [0.2, 0.25) is 0 Å². The van der Waals surface area contributed by atoms with Gasteiger partial charge < -0.3 is 5.11 Å². The summed E-state index contributed by atoms with van der Waals surface area (Å²) in [6, 6.07) is 0. The molecule has 1 N–H and O–H groups in total. The second-order valence-electron chi connectivity index (χ2n) is 2.51. The lowest BCUT2D eigenvalue weighted by Crippen LogP contribution is -2.24. The minimum Gasteiger partial charge on any atom is -0.378 e. The molecule has 0 saturated carbocycles. The minimum absolute atomic E-state index is 0.719. The van der Waals surface area contributed by atoms with Gasteiger partial charge in [-0.3, -0.25) is 0 Å².